The Balaban J connectivity index is 2.10. The Morgan fingerprint density at radius 2 is 2.28 bits per heavy atom. The highest BCUT2D eigenvalue weighted by Gasteiger charge is 2.19. The number of hydrogen-bond acceptors (Lipinski definition) is 2. The van der Waals surface area contributed by atoms with Crippen molar-refractivity contribution < 1.29 is 4.79 Å². The molecule has 0 bridgehead atoms. The lowest BCUT2D eigenvalue weighted by molar-refractivity contribution is -0.115. The van der Waals surface area contributed by atoms with E-state index < -0.39 is 0 Å². The quantitative estimate of drug-likeness (QED) is 0.851. The Labute approximate surface area is 113 Å². The molecule has 2 N–H and O–H groups in total. The van der Waals surface area contributed by atoms with E-state index in [1.165, 1.54) is 12.8 Å². The van der Waals surface area contributed by atoms with Crippen molar-refractivity contribution in [3.8, 4) is 0 Å². The first kappa shape index (κ1) is 13.2. The smallest absolute Gasteiger partial charge is 0.228 e. The predicted molar refractivity (Wildman–Crippen MR) is 76.4 cm³/mol. The minimum atomic E-state index is 0.0391. The molecule has 1 atom stereocenters. The highest BCUT2D eigenvalue weighted by Crippen LogP contribution is 2.33. The van der Waals surface area contributed by atoms with Crippen molar-refractivity contribution in [2.45, 2.75) is 45.6 Å². The fourth-order valence-corrected chi connectivity index (χ4v) is 2.42. The number of halogens is 1. The van der Waals surface area contributed by atoms with E-state index in [9.17, 15) is 4.79 Å². The van der Waals surface area contributed by atoms with E-state index in [4.69, 9.17) is 11.6 Å². The van der Waals surface area contributed by atoms with Gasteiger partial charge in [0.1, 0.15) is 0 Å². The Hall–Kier alpha value is -1.22. The largest absolute Gasteiger partial charge is 0.381 e. The number of benzene rings is 1. The van der Waals surface area contributed by atoms with Gasteiger partial charge in [-0.1, -0.05) is 31.4 Å². The van der Waals surface area contributed by atoms with Crippen molar-refractivity contribution in [3.05, 3.63) is 22.7 Å². The summed E-state index contributed by atoms with van der Waals surface area (Å²) in [5.74, 6) is 0.0391. The molecule has 0 spiro atoms. The Morgan fingerprint density at radius 3 is 3.00 bits per heavy atom. The standard InChI is InChI=1S/C14H19ClN2O/c1-3-4-5-9(2)16-13-6-10-7-14(18)17-12(10)8-11(13)15/h6,8-9,16H,3-5,7H2,1-2H3,(H,17,18). The first-order chi connectivity index (χ1) is 8.60. The molecule has 0 fully saturated rings. The maximum atomic E-state index is 11.3. The molecule has 1 aromatic carbocycles. The third kappa shape index (κ3) is 2.96. The first-order valence-corrected chi connectivity index (χ1v) is 6.86. The molecule has 1 aliphatic rings. The second-order valence-corrected chi connectivity index (χ2v) is 5.31. The van der Waals surface area contributed by atoms with Crippen molar-refractivity contribution in [3.63, 3.8) is 0 Å². The molecule has 1 aromatic rings. The number of carbonyl (C=O) groups is 1. The van der Waals surface area contributed by atoms with Crippen LogP contribution in [0.4, 0.5) is 11.4 Å². The number of carbonyl (C=O) groups excluding carboxylic acids is 1. The SMILES string of the molecule is CCCCC(C)Nc1cc2c(cc1Cl)NC(=O)C2. The summed E-state index contributed by atoms with van der Waals surface area (Å²) in [7, 11) is 0. The normalized spacial score (nSPS) is 15.2. The highest BCUT2D eigenvalue weighted by atomic mass is 35.5. The van der Waals surface area contributed by atoms with E-state index in [-0.39, 0.29) is 5.91 Å². The summed E-state index contributed by atoms with van der Waals surface area (Å²) in [6.45, 7) is 4.34. The molecule has 0 saturated carbocycles. The summed E-state index contributed by atoms with van der Waals surface area (Å²) in [5.41, 5.74) is 2.79. The van der Waals surface area contributed by atoms with Gasteiger partial charge in [-0.05, 0) is 31.0 Å². The predicted octanol–water partition coefficient (Wildman–Crippen LogP) is 3.83. The Morgan fingerprint density at radius 1 is 1.50 bits per heavy atom. The van der Waals surface area contributed by atoms with E-state index in [1.807, 2.05) is 12.1 Å². The molecule has 1 amide bonds. The molecule has 1 heterocycles. The molecule has 98 valence electrons. The van der Waals surface area contributed by atoms with Gasteiger partial charge in [0.25, 0.3) is 0 Å². The van der Waals surface area contributed by atoms with Crippen LogP contribution in [-0.4, -0.2) is 11.9 Å². The topological polar surface area (TPSA) is 41.1 Å². The highest BCUT2D eigenvalue weighted by molar-refractivity contribution is 6.33. The number of hydrogen-bond donors (Lipinski definition) is 2. The second kappa shape index (κ2) is 5.61. The van der Waals surface area contributed by atoms with E-state index in [0.717, 1.165) is 23.4 Å². The number of rotatable bonds is 5. The third-order valence-electron chi connectivity index (χ3n) is 3.21. The monoisotopic (exact) mass is 266 g/mol. The zero-order chi connectivity index (χ0) is 13.1. The van der Waals surface area contributed by atoms with Crippen molar-refractivity contribution in [2.75, 3.05) is 10.6 Å². The summed E-state index contributed by atoms with van der Waals surface area (Å²) < 4.78 is 0. The van der Waals surface area contributed by atoms with Crippen molar-refractivity contribution in [1.82, 2.24) is 0 Å². The third-order valence-corrected chi connectivity index (χ3v) is 3.52. The molecule has 3 nitrogen and oxygen atoms in total. The van der Waals surface area contributed by atoms with Crippen LogP contribution in [0, 0.1) is 0 Å². The Kier molecular flexibility index (Phi) is 4.12. The fourth-order valence-electron chi connectivity index (χ4n) is 2.21. The van der Waals surface area contributed by atoms with Gasteiger partial charge in [0.15, 0.2) is 0 Å². The van der Waals surface area contributed by atoms with Gasteiger partial charge in [-0.3, -0.25) is 4.79 Å². The van der Waals surface area contributed by atoms with Gasteiger partial charge in [-0.25, -0.2) is 0 Å². The molecule has 1 aliphatic heterocycles. The van der Waals surface area contributed by atoms with Crippen LogP contribution < -0.4 is 10.6 Å². The zero-order valence-corrected chi connectivity index (χ0v) is 11.6. The van der Waals surface area contributed by atoms with E-state index in [1.54, 1.807) is 0 Å². The molecule has 2 rings (SSSR count). The van der Waals surface area contributed by atoms with Gasteiger partial charge in [-0.2, -0.15) is 0 Å². The molecule has 0 aromatic heterocycles. The second-order valence-electron chi connectivity index (χ2n) is 4.90. The lowest BCUT2D eigenvalue weighted by atomic mass is 10.1. The van der Waals surface area contributed by atoms with Gasteiger partial charge in [-0.15, -0.1) is 0 Å². The number of nitrogens with one attached hydrogen (secondary N) is 2. The fraction of sp³-hybridized carbons (Fsp3) is 0.500. The van der Waals surface area contributed by atoms with E-state index in [0.29, 0.717) is 17.5 Å². The molecular weight excluding hydrogens is 248 g/mol. The molecule has 0 radical (unpaired) electrons. The van der Waals surface area contributed by atoms with Crippen molar-refractivity contribution in [2.24, 2.45) is 0 Å². The average molecular weight is 267 g/mol. The van der Waals surface area contributed by atoms with Gasteiger partial charge in [0, 0.05) is 11.7 Å². The summed E-state index contributed by atoms with van der Waals surface area (Å²) in [6.07, 6.45) is 3.98. The number of fused-ring (bicyclic) bond motifs is 1. The summed E-state index contributed by atoms with van der Waals surface area (Å²) in [5, 5.41) is 6.89. The van der Waals surface area contributed by atoms with E-state index in [2.05, 4.69) is 24.5 Å². The van der Waals surface area contributed by atoms with Crippen LogP contribution in [0.3, 0.4) is 0 Å². The number of unbranched alkanes of at least 4 members (excludes halogenated alkanes) is 1. The van der Waals surface area contributed by atoms with Gasteiger partial charge in [0.05, 0.1) is 17.1 Å². The summed E-state index contributed by atoms with van der Waals surface area (Å²) >= 11 is 6.22. The molecule has 1 unspecified atom stereocenters. The van der Waals surface area contributed by atoms with Gasteiger partial charge < -0.3 is 10.6 Å². The van der Waals surface area contributed by atoms with Crippen LogP contribution in [0.15, 0.2) is 12.1 Å². The molecular formula is C14H19ClN2O. The number of amides is 1. The molecule has 4 heteroatoms. The van der Waals surface area contributed by atoms with Crippen molar-refractivity contribution in [1.29, 1.82) is 0 Å². The summed E-state index contributed by atoms with van der Waals surface area (Å²) in [4.78, 5) is 11.3. The molecule has 0 saturated heterocycles. The lowest BCUT2D eigenvalue weighted by Gasteiger charge is -2.17. The number of anilines is 2. The zero-order valence-electron chi connectivity index (χ0n) is 10.8. The van der Waals surface area contributed by atoms with Gasteiger partial charge >= 0.3 is 0 Å². The lowest BCUT2D eigenvalue weighted by Crippen LogP contribution is -2.15. The molecule has 0 aliphatic carbocycles. The van der Waals surface area contributed by atoms with Gasteiger partial charge in [0.2, 0.25) is 5.91 Å². The maximum absolute atomic E-state index is 11.3. The molecule has 18 heavy (non-hydrogen) atoms. The Bertz CT molecular complexity index is 459. The van der Waals surface area contributed by atoms with Crippen LogP contribution in [-0.2, 0) is 11.2 Å². The first-order valence-electron chi connectivity index (χ1n) is 6.49. The minimum absolute atomic E-state index is 0.0391. The summed E-state index contributed by atoms with van der Waals surface area (Å²) in [6, 6.07) is 4.21. The van der Waals surface area contributed by atoms with Crippen LogP contribution in [0.1, 0.15) is 38.7 Å². The van der Waals surface area contributed by atoms with Crippen LogP contribution in [0.5, 0.6) is 0 Å². The van der Waals surface area contributed by atoms with Crippen LogP contribution in [0.2, 0.25) is 5.02 Å². The minimum Gasteiger partial charge on any atom is -0.381 e. The van der Waals surface area contributed by atoms with E-state index >= 15 is 0 Å². The van der Waals surface area contributed by atoms with Crippen molar-refractivity contribution >= 4 is 28.9 Å². The van der Waals surface area contributed by atoms with Crippen LogP contribution >= 0.6 is 11.6 Å². The van der Waals surface area contributed by atoms with Crippen LogP contribution in [0.25, 0.3) is 0 Å². The average Bonchev–Trinajstić information content (AvgIpc) is 2.66. The maximum Gasteiger partial charge on any atom is 0.228 e.